The van der Waals surface area contributed by atoms with Gasteiger partial charge in [0, 0.05) is 58.0 Å². The van der Waals surface area contributed by atoms with Crippen LogP contribution in [-0.4, -0.2) is 37.2 Å². The van der Waals surface area contributed by atoms with Gasteiger partial charge in [-0.15, -0.1) is 24.0 Å². The first-order valence-electron chi connectivity index (χ1n) is 8.11. The molecule has 2 atom stereocenters. The van der Waals surface area contributed by atoms with Crippen molar-refractivity contribution < 1.29 is 41.8 Å². The third-order valence-corrected chi connectivity index (χ3v) is 2.85. The van der Waals surface area contributed by atoms with Gasteiger partial charge in [0.05, 0.1) is 6.61 Å². The van der Waals surface area contributed by atoms with Gasteiger partial charge in [-0.3, -0.25) is 14.4 Å². The first kappa shape index (κ1) is 41.1. The molecule has 0 amide bonds. The molecule has 174 valence electrons. The summed E-state index contributed by atoms with van der Waals surface area (Å²) < 4.78 is 14.5. The van der Waals surface area contributed by atoms with Crippen molar-refractivity contribution in [3.8, 4) is 0 Å². The zero-order valence-corrected chi connectivity index (χ0v) is 30.1. The van der Waals surface area contributed by atoms with E-state index in [0.29, 0.717) is 19.9 Å². The average Bonchev–Trinajstić information content (AvgIpc) is 2.60. The van der Waals surface area contributed by atoms with Crippen molar-refractivity contribution >= 4 is 116 Å². The molecule has 0 aromatic carbocycles. The Bertz CT molecular complexity index is 361. The molecule has 0 fully saturated rings. The fourth-order valence-corrected chi connectivity index (χ4v) is 1.35. The Balaban J connectivity index is -0.000000107. The van der Waals surface area contributed by atoms with E-state index in [4.69, 9.17) is 9.47 Å². The third-order valence-electron chi connectivity index (χ3n) is 2.85. The molecule has 0 radical (unpaired) electrons. The van der Waals surface area contributed by atoms with Crippen LogP contribution in [-0.2, 0) is 28.6 Å². The summed E-state index contributed by atoms with van der Waals surface area (Å²) in [5.41, 5.74) is 0. The van der Waals surface area contributed by atoms with Gasteiger partial charge in [0.15, 0.2) is 0 Å². The molecule has 0 spiro atoms. The van der Waals surface area contributed by atoms with Gasteiger partial charge in [0.2, 0.25) is 0 Å². The molecule has 6 nitrogen and oxygen atoms in total. The van der Waals surface area contributed by atoms with Crippen LogP contribution in [0.4, 0.5) is 0 Å². The number of carbonyl (C=O) groups is 3. The second-order valence-electron chi connectivity index (χ2n) is 5.08. The van der Waals surface area contributed by atoms with Gasteiger partial charge < -0.3 is 14.2 Å². The summed E-state index contributed by atoms with van der Waals surface area (Å²) in [7, 11) is 0. The fourth-order valence-electron chi connectivity index (χ4n) is 1.35. The molecule has 0 aliphatic heterocycles. The molecule has 2 unspecified atom stereocenters. The Morgan fingerprint density at radius 2 is 1.36 bits per heavy atom. The van der Waals surface area contributed by atoms with Crippen LogP contribution in [0.1, 0.15) is 60.8 Å². The second-order valence-corrected chi connectivity index (χ2v) is 21.3. The Morgan fingerprint density at radius 3 is 1.64 bits per heavy atom. The van der Waals surface area contributed by atoms with Gasteiger partial charge in [0.1, 0.15) is 12.7 Å². The first-order valence-corrected chi connectivity index (χ1v) is 27.0. The van der Waals surface area contributed by atoms with Crippen LogP contribution in [0.3, 0.4) is 0 Å². The van der Waals surface area contributed by atoms with E-state index < -0.39 is 0 Å². The molecule has 0 aromatic rings. The zero-order chi connectivity index (χ0) is 22.3. The summed E-state index contributed by atoms with van der Waals surface area (Å²) in [5.74, 6) is -0.690. The van der Waals surface area contributed by atoms with E-state index in [-0.39, 0.29) is 60.5 Å². The number of carbonyl (C=O) groups excluding carboxylic acids is 3. The standard InChI is InChI=1S/C10H18O4.C6H12O2.I3.I2.HI/c1-5-7(2)10(14-9(4)12)6-13-8(3)11;1-3-4-5-8-6(2)7;1-3-2;1-2;/h7,10H,5-6H2,1-4H3;3-5H2,1-2H3;;;1H/q;;-1;;. The van der Waals surface area contributed by atoms with E-state index in [1.54, 1.807) is 0 Å². The topological polar surface area (TPSA) is 78.9 Å². The third kappa shape index (κ3) is 42.8. The van der Waals surface area contributed by atoms with Gasteiger partial charge in [-0.25, -0.2) is 0 Å². The predicted octanol–water partition coefficient (Wildman–Crippen LogP) is 4.04. The molecule has 0 rings (SSSR count). The van der Waals surface area contributed by atoms with Gasteiger partial charge in [0.25, 0.3) is 0 Å². The van der Waals surface area contributed by atoms with Crippen LogP contribution in [0, 0.1) is 5.92 Å². The number of rotatable bonds is 8. The minimum atomic E-state index is -0.356. The quantitative estimate of drug-likeness (QED) is 0.158. The monoisotopic (exact) mass is 1080 g/mol. The van der Waals surface area contributed by atoms with Crippen molar-refractivity contribution in [2.24, 2.45) is 5.92 Å². The van der Waals surface area contributed by atoms with Crippen LogP contribution in [0.25, 0.3) is 0 Å². The molecule has 0 saturated heterocycles. The maximum atomic E-state index is 10.8. The molecule has 28 heavy (non-hydrogen) atoms. The number of esters is 3. The minimum absolute atomic E-state index is 0. The van der Waals surface area contributed by atoms with Crippen molar-refractivity contribution in [2.75, 3.05) is 13.2 Å². The number of ether oxygens (including phenoxy) is 3. The molecular formula is C16H31I6O6-. The maximum absolute atomic E-state index is 10.8. The fraction of sp³-hybridized carbons (Fsp3) is 0.812. The van der Waals surface area contributed by atoms with E-state index in [1.807, 2.05) is 13.8 Å². The summed E-state index contributed by atoms with van der Waals surface area (Å²) in [4.78, 5) is 31.4. The Morgan fingerprint density at radius 1 is 0.929 bits per heavy atom. The molecule has 0 aliphatic carbocycles. The summed E-state index contributed by atoms with van der Waals surface area (Å²) in [6, 6.07) is 0. The van der Waals surface area contributed by atoms with E-state index in [1.165, 1.54) is 20.8 Å². The molecule has 0 aliphatic rings. The summed E-state index contributed by atoms with van der Waals surface area (Å²) >= 11 is 9.54. The van der Waals surface area contributed by atoms with Crippen molar-refractivity contribution in [3.05, 3.63) is 0 Å². The van der Waals surface area contributed by atoms with Crippen LogP contribution < -0.4 is 13.3 Å². The van der Waals surface area contributed by atoms with E-state index >= 15 is 0 Å². The van der Waals surface area contributed by atoms with Crippen molar-refractivity contribution in [1.29, 1.82) is 0 Å². The molecule has 12 heteroatoms. The first-order chi connectivity index (χ1) is 12.7. The molecular weight excluding hydrogens is 1050 g/mol. The number of halogens is 6. The summed E-state index contributed by atoms with van der Waals surface area (Å²) in [6.45, 7) is 10.8. The SMILES string of the molecule is CCC(C)C(COC(C)=O)OC(C)=O.CCCCOC(C)=O.I.II.I[I-]I. The van der Waals surface area contributed by atoms with Crippen molar-refractivity contribution in [2.45, 2.75) is 66.9 Å². The van der Waals surface area contributed by atoms with Crippen LogP contribution in [0.2, 0.25) is 0 Å². The number of unbranched alkanes of at least 4 members (excludes halogenated alkanes) is 1. The number of hydrogen-bond donors (Lipinski definition) is 0. The van der Waals surface area contributed by atoms with Crippen molar-refractivity contribution in [1.82, 2.24) is 0 Å². The average molecular weight is 1080 g/mol. The van der Waals surface area contributed by atoms with E-state index in [0.717, 1.165) is 19.3 Å². The van der Waals surface area contributed by atoms with E-state index in [9.17, 15) is 14.4 Å². The Kier molecular flexibility index (Phi) is 50.5. The number of hydrogen-bond acceptors (Lipinski definition) is 6. The van der Waals surface area contributed by atoms with Gasteiger partial charge in [-0.05, 0) is 18.8 Å². The Labute approximate surface area is 240 Å². The zero-order valence-electron chi connectivity index (χ0n) is 16.9. The summed E-state index contributed by atoms with van der Waals surface area (Å²) in [6.07, 6.45) is 2.59. The van der Waals surface area contributed by atoms with Crippen LogP contribution in [0.5, 0.6) is 0 Å². The molecule has 0 heterocycles. The Hall–Kier alpha value is 2.79. The van der Waals surface area contributed by atoms with E-state index in [2.05, 4.69) is 86.1 Å². The van der Waals surface area contributed by atoms with Gasteiger partial charge in [-0.1, -0.05) is 27.2 Å². The normalized spacial score (nSPS) is 10.6. The predicted molar refractivity (Wildman–Crippen MR) is 155 cm³/mol. The molecule has 0 aromatic heterocycles. The van der Waals surface area contributed by atoms with Crippen LogP contribution in [0.15, 0.2) is 0 Å². The molecule has 0 saturated carbocycles. The van der Waals surface area contributed by atoms with Crippen LogP contribution >= 0.6 is 98.4 Å². The molecule has 0 bridgehead atoms. The van der Waals surface area contributed by atoms with Gasteiger partial charge in [-0.2, -0.15) is 0 Å². The van der Waals surface area contributed by atoms with Crippen molar-refractivity contribution in [3.63, 3.8) is 0 Å². The van der Waals surface area contributed by atoms with Gasteiger partial charge >= 0.3 is 68.4 Å². The second kappa shape index (κ2) is 34.4. The molecule has 0 N–H and O–H groups in total. The summed E-state index contributed by atoms with van der Waals surface area (Å²) in [5, 5.41) is 0.